The number of ether oxygens (including phenoxy) is 1. The van der Waals surface area contributed by atoms with Crippen molar-refractivity contribution in [3.05, 3.63) is 53.5 Å². The number of nitrogens with one attached hydrogen (secondary N) is 1. The maximum Gasteiger partial charge on any atom is 0.164 e. The van der Waals surface area contributed by atoms with Gasteiger partial charge in [-0.3, -0.25) is 4.79 Å². The van der Waals surface area contributed by atoms with E-state index in [-0.39, 0.29) is 17.5 Å². The molecule has 0 radical (unpaired) electrons. The lowest BCUT2D eigenvalue weighted by molar-refractivity contribution is 0.0529. The van der Waals surface area contributed by atoms with Crippen molar-refractivity contribution in [2.75, 3.05) is 29.9 Å². The molecule has 1 aromatic carbocycles. The average Bonchev–Trinajstić information content (AvgIpc) is 2.60. The van der Waals surface area contributed by atoms with Crippen LogP contribution in [0.15, 0.2) is 36.5 Å². The van der Waals surface area contributed by atoms with Crippen molar-refractivity contribution >= 4 is 17.3 Å². The summed E-state index contributed by atoms with van der Waals surface area (Å²) in [5, 5.41) is 3.12. The van der Waals surface area contributed by atoms with Crippen LogP contribution in [-0.4, -0.2) is 36.6 Å². The Labute approximate surface area is 146 Å². The molecule has 1 aliphatic heterocycles. The third kappa shape index (κ3) is 4.14. The zero-order valence-corrected chi connectivity index (χ0v) is 14.5. The summed E-state index contributed by atoms with van der Waals surface area (Å²) in [6.07, 6.45) is 2.00. The number of anilines is 2. The molecule has 0 spiro atoms. The normalized spacial score (nSPS) is 17.4. The number of carbonyl (C=O) groups is 1. The monoisotopic (exact) mass is 343 g/mol. The Balaban J connectivity index is 1.67. The second kappa shape index (κ2) is 7.61. The Morgan fingerprint density at radius 2 is 2.24 bits per heavy atom. The Hall–Kier alpha value is -2.47. The number of halogens is 1. The summed E-state index contributed by atoms with van der Waals surface area (Å²) in [6, 6.07) is 8.55. The smallest absolute Gasteiger partial charge is 0.164 e. The van der Waals surface area contributed by atoms with E-state index in [2.05, 4.69) is 22.1 Å². The second-order valence-electron chi connectivity index (χ2n) is 6.22. The summed E-state index contributed by atoms with van der Waals surface area (Å²) in [4.78, 5) is 18.4. The number of pyridine rings is 1. The minimum Gasteiger partial charge on any atom is -0.380 e. The summed E-state index contributed by atoms with van der Waals surface area (Å²) < 4.78 is 19.4. The standard InChI is InChI=1S/C19H22FN3O2/c1-13-12-23(8-9-25-13)18-7-6-15(11-22-18)10-21-17-5-3-4-16(20)19(17)14(2)24/h3-7,11,13,21H,8-10,12H2,1-2H3/t13-/m1/s1. The van der Waals surface area contributed by atoms with Crippen LogP contribution in [0.5, 0.6) is 0 Å². The maximum atomic E-state index is 13.8. The highest BCUT2D eigenvalue weighted by molar-refractivity contribution is 5.99. The first-order chi connectivity index (χ1) is 12.0. The highest BCUT2D eigenvalue weighted by atomic mass is 19.1. The molecule has 0 bridgehead atoms. The fourth-order valence-corrected chi connectivity index (χ4v) is 2.96. The molecular weight excluding hydrogens is 321 g/mol. The molecule has 0 saturated carbocycles. The second-order valence-corrected chi connectivity index (χ2v) is 6.22. The predicted octanol–water partition coefficient (Wildman–Crippen LogP) is 3.26. The van der Waals surface area contributed by atoms with Gasteiger partial charge in [-0.25, -0.2) is 9.37 Å². The number of Topliss-reactive ketones (excluding diaryl/α,β-unsaturated/α-hetero) is 1. The Kier molecular flexibility index (Phi) is 5.28. The topological polar surface area (TPSA) is 54.5 Å². The average molecular weight is 343 g/mol. The van der Waals surface area contributed by atoms with Crippen LogP contribution in [-0.2, 0) is 11.3 Å². The quantitative estimate of drug-likeness (QED) is 0.845. The maximum absolute atomic E-state index is 13.8. The molecule has 3 rings (SSSR count). The van der Waals surface area contributed by atoms with Gasteiger partial charge in [0.1, 0.15) is 11.6 Å². The Morgan fingerprint density at radius 3 is 2.92 bits per heavy atom. The lowest BCUT2D eigenvalue weighted by atomic mass is 10.1. The minimum absolute atomic E-state index is 0.0920. The van der Waals surface area contributed by atoms with E-state index in [0.717, 1.165) is 24.5 Å². The first-order valence-electron chi connectivity index (χ1n) is 8.39. The summed E-state index contributed by atoms with van der Waals surface area (Å²) in [7, 11) is 0. The fraction of sp³-hybridized carbons (Fsp3) is 0.368. The third-order valence-electron chi connectivity index (χ3n) is 4.22. The highest BCUT2D eigenvalue weighted by Gasteiger charge is 2.18. The van der Waals surface area contributed by atoms with E-state index in [0.29, 0.717) is 18.8 Å². The van der Waals surface area contributed by atoms with Crippen molar-refractivity contribution in [1.82, 2.24) is 4.98 Å². The lowest BCUT2D eigenvalue weighted by Crippen LogP contribution is -2.41. The number of nitrogens with zero attached hydrogens (tertiary/aromatic N) is 2. The van der Waals surface area contributed by atoms with Crippen molar-refractivity contribution in [3.63, 3.8) is 0 Å². The van der Waals surface area contributed by atoms with Gasteiger partial charge in [0.05, 0.1) is 18.3 Å². The zero-order chi connectivity index (χ0) is 17.8. The van der Waals surface area contributed by atoms with Gasteiger partial charge in [-0.1, -0.05) is 12.1 Å². The zero-order valence-electron chi connectivity index (χ0n) is 14.5. The number of aromatic nitrogens is 1. The first-order valence-corrected chi connectivity index (χ1v) is 8.39. The number of hydrogen-bond acceptors (Lipinski definition) is 5. The molecule has 2 heterocycles. The number of hydrogen-bond donors (Lipinski definition) is 1. The van der Waals surface area contributed by atoms with Crippen molar-refractivity contribution in [3.8, 4) is 0 Å². The van der Waals surface area contributed by atoms with E-state index in [4.69, 9.17) is 4.74 Å². The van der Waals surface area contributed by atoms with Crippen molar-refractivity contribution < 1.29 is 13.9 Å². The molecule has 25 heavy (non-hydrogen) atoms. The van der Waals surface area contributed by atoms with Crippen LogP contribution in [0.3, 0.4) is 0 Å². The molecule has 1 saturated heterocycles. The SMILES string of the molecule is CC(=O)c1c(F)cccc1NCc1ccc(N2CCO[C@H](C)C2)nc1. The highest BCUT2D eigenvalue weighted by Crippen LogP contribution is 2.21. The molecule has 6 heteroatoms. The van der Waals surface area contributed by atoms with E-state index in [1.807, 2.05) is 12.1 Å². The summed E-state index contributed by atoms with van der Waals surface area (Å²) in [6.45, 7) is 6.26. The number of carbonyl (C=O) groups excluding carboxylic acids is 1. The number of rotatable bonds is 5. The molecule has 1 aliphatic rings. The van der Waals surface area contributed by atoms with Crippen LogP contribution in [0.4, 0.5) is 15.9 Å². The number of ketones is 1. The molecule has 0 amide bonds. The predicted molar refractivity (Wildman–Crippen MR) is 95.6 cm³/mol. The van der Waals surface area contributed by atoms with Gasteiger partial charge < -0.3 is 15.0 Å². The van der Waals surface area contributed by atoms with E-state index in [1.54, 1.807) is 18.3 Å². The van der Waals surface area contributed by atoms with Gasteiger partial charge in [0, 0.05) is 31.5 Å². The molecule has 1 atom stereocenters. The first kappa shape index (κ1) is 17.4. The molecule has 2 aromatic rings. The Morgan fingerprint density at radius 1 is 1.40 bits per heavy atom. The number of benzene rings is 1. The summed E-state index contributed by atoms with van der Waals surface area (Å²) in [5.41, 5.74) is 1.55. The van der Waals surface area contributed by atoms with E-state index in [9.17, 15) is 9.18 Å². The fourth-order valence-electron chi connectivity index (χ4n) is 2.96. The van der Waals surface area contributed by atoms with Crippen LogP contribution < -0.4 is 10.2 Å². The van der Waals surface area contributed by atoms with E-state index < -0.39 is 5.82 Å². The van der Waals surface area contributed by atoms with Gasteiger partial charge in [-0.05, 0) is 37.6 Å². The molecule has 0 unspecified atom stereocenters. The molecular formula is C19H22FN3O2. The van der Waals surface area contributed by atoms with Crippen molar-refractivity contribution in [1.29, 1.82) is 0 Å². The molecule has 1 aromatic heterocycles. The minimum atomic E-state index is -0.507. The van der Waals surface area contributed by atoms with Crippen molar-refractivity contribution in [2.24, 2.45) is 0 Å². The molecule has 1 N–H and O–H groups in total. The van der Waals surface area contributed by atoms with Gasteiger partial charge in [0.15, 0.2) is 5.78 Å². The van der Waals surface area contributed by atoms with Gasteiger partial charge in [-0.2, -0.15) is 0 Å². The van der Waals surface area contributed by atoms with Crippen molar-refractivity contribution in [2.45, 2.75) is 26.5 Å². The number of morpholine rings is 1. The van der Waals surface area contributed by atoms with Crippen LogP contribution in [0.2, 0.25) is 0 Å². The summed E-state index contributed by atoms with van der Waals surface area (Å²) >= 11 is 0. The third-order valence-corrected chi connectivity index (χ3v) is 4.22. The molecule has 1 fully saturated rings. The van der Waals surface area contributed by atoms with Crippen LogP contribution in [0, 0.1) is 5.82 Å². The lowest BCUT2D eigenvalue weighted by Gasteiger charge is -2.32. The largest absolute Gasteiger partial charge is 0.380 e. The van der Waals surface area contributed by atoms with Gasteiger partial charge in [-0.15, -0.1) is 0 Å². The molecule has 132 valence electrons. The molecule has 5 nitrogen and oxygen atoms in total. The van der Waals surface area contributed by atoms with Gasteiger partial charge in [0.2, 0.25) is 0 Å². The van der Waals surface area contributed by atoms with Crippen LogP contribution in [0.25, 0.3) is 0 Å². The summed E-state index contributed by atoms with van der Waals surface area (Å²) in [5.74, 6) is 0.122. The van der Waals surface area contributed by atoms with Crippen LogP contribution >= 0.6 is 0 Å². The van der Waals surface area contributed by atoms with E-state index >= 15 is 0 Å². The van der Waals surface area contributed by atoms with Gasteiger partial charge >= 0.3 is 0 Å². The van der Waals surface area contributed by atoms with Crippen LogP contribution in [0.1, 0.15) is 29.8 Å². The van der Waals surface area contributed by atoms with E-state index in [1.165, 1.54) is 13.0 Å². The Bertz CT molecular complexity index is 749. The molecule has 0 aliphatic carbocycles. The van der Waals surface area contributed by atoms with Gasteiger partial charge in [0.25, 0.3) is 0 Å².